The molecule has 0 aliphatic heterocycles. The number of nitrogens with one attached hydrogen (secondary N) is 2. The fourth-order valence-electron chi connectivity index (χ4n) is 1.95. The molecule has 2 rings (SSSR count). The van der Waals surface area contributed by atoms with Crippen LogP contribution in [-0.4, -0.2) is 20.9 Å². The van der Waals surface area contributed by atoms with Gasteiger partial charge in [0.05, 0.1) is 10.5 Å². The maximum absolute atomic E-state index is 12.4. The highest BCUT2D eigenvalue weighted by molar-refractivity contribution is 7.89. The molecule has 25 heavy (non-hydrogen) atoms. The Morgan fingerprint density at radius 3 is 2.12 bits per heavy atom. The van der Waals surface area contributed by atoms with Crippen molar-refractivity contribution < 1.29 is 26.4 Å². The molecule has 2 N–H and O–H groups in total. The summed E-state index contributed by atoms with van der Waals surface area (Å²) >= 11 is 0. The highest BCUT2D eigenvalue weighted by Gasteiger charge is 2.29. The predicted molar refractivity (Wildman–Crippen MR) is 86.3 cm³/mol. The first kappa shape index (κ1) is 18.9. The highest BCUT2D eigenvalue weighted by atomic mass is 32.2. The molecule has 0 spiro atoms. The lowest BCUT2D eigenvalue weighted by molar-refractivity contribution is -0.137. The lowest BCUT2D eigenvalue weighted by atomic mass is 10.2. The average Bonchev–Trinajstić information content (AvgIpc) is 2.55. The molecule has 134 valence electrons. The maximum Gasteiger partial charge on any atom is 0.416 e. The number of carbonyl (C=O) groups excluding carboxylic acids is 1. The number of hydrogen-bond donors (Lipinski definition) is 2. The Kier molecular flexibility index (Phi) is 5.81. The molecule has 2 aromatic rings. The van der Waals surface area contributed by atoms with Crippen molar-refractivity contribution in [1.29, 1.82) is 0 Å². The van der Waals surface area contributed by atoms with Crippen molar-refractivity contribution in [3.05, 3.63) is 60.2 Å². The van der Waals surface area contributed by atoms with E-state index in [1.165, 1.54) is 12.1 Å². The normalized spacial score (nSPS) is 12.0. The minimum Gasteiger partial charge on any atom is -0.326 e. The van der Waals surface area contributed by atoms with Gasteiger partial charge in [0, 0.05) is 18.7 Å². The molecule has 0 aliphatic carbocycles. The summed E-state index contributed by atoms with van der Waals surface area (Å²) in [4.78, 5) is 11.8. The number of alkyl halides is 3. The van der Waals surface area contributed by atoms with Gasteiger partial charge in [-0.2, -0.15) is 13.2 Å². The molecular formula is C16H15F3N2O3S. The fraction of sp³-hybridized carbons (Fsp3) is 0.188. The van der Waals surface area contributed by atoms with Gasteiger partial charge in [-0.05, 0) is 36.4 Å². The molecule has 0 radical (unpaired) electrons. The van der Waals surface area contributed by atoms with Crippen molar-refractivity contribution in [1.82, 2.24) is 4.72 Å². The van der Waals surface area contributed by atoms with E-state index in [1.54, 1.807) is 18.2 Å². The van der Waals surface area contributed by atoms with Crippen LogP contribution in [0.4, 0.5) is 18.9 Å². The number of benzene rings is 2. The lowest BCUT2D eigenvalue weighted by Gasteiger charge is -2.09. The minimum atomic E-state index is -4.45. The molecule has 0 saturated heterocycles. The molecule has 9 heteroatoms. The van der Waals surface area contributed by atoms with E-state index < -0.39 is 27.7 Å². The number of amides is 1. The van der Waals surface area contributed by atoms with E-state index in [4.69, 9.17) is 0 Å². The Hall–Kier alpha value is -2.39. The van der Waals surface area contributed by atoms with Crippen LogP contribution in [0, 0.1) is 0 Å². The largest absolute Gasteiger partial charge is 0.416 e. The van der Waals surface area contributed by atoms with Gasteiger partial charge in [-0.15, -0.1) is 0 Å². The van der Waals surface area contributed by atoms with Gasteiger partial charge in [0.2, 0.25) is 15.9 Å². The summed E-state index contributed by atoms with van der Waals surface area (Å²) in [5.74, 6) is -0.518. The van der Waals surface area contributed by atoms with Crippen LogP contribution in [0.5, 0.6) is 0 Å². The van der Waals surface area contributed by atoms with Crippen LogP contribution in [0.15, 0.2) is 59.5 Å². The van der Waals surface area contributed by atoms with E-state index in [1.807, 2.05) is 0 Å². The van der Waals surface area contributed by atoms with Crippen LogP contribution >= 0.6 is 0 Å². The van der Waals surface area contributed by atoms with Crippen molar-refractivity contribution in [2.24, 2.45) is 0 Å². The molecule has 1 amide bonds. The third kappa shape index (κ3) is 5.57. The van der Waals surface area contributed by atoms with E-state index in [-0.39, 0.29) is 23.5 Å². The molecule has 0 aliphatic rings. The summed E-state index contributed by atoms with van der Waals surface area (Å²) in [6, 6.07) is 11.6. The van der Waals surface area contributed by atoms with E-state index in [0.717, 1.165) is 24.3 Å². The molecule has 5 nitrogen and oxygen atoms in total. The van der Waals surface area contributed by atoms with Crippen molar-refractivity contribution in [2.45, 2.75) is 17.5 Å². The zero-order valence-electron chi connectivity index (χ0n) is 12.9. The molecule has 2 aromatic carbocycles. The second-order valence-corrected chi connectivity index (χ2v) is 6.85. The van der Waals surface area contributed by atoms with Crippen LogP contribution in [-0.2, 0) is 21.0 Å². The van der Waals surface area contributed by atoms with Gasteiger partial charge in [0.1, 0.15) is 0 Å². The second-order valence-electron chi connectivity index (χ2n) is 5.08. The zero-order valence-corrected chi connectivity index (χ0v) is 13.7. The maximum atomic E-state index is 12.4. The van der Waals surface area contributed by atoms with Gasteiger partial charge in [-0.25, -0.2) is 13.1 Å². The Bertz CT molecular complexity index is 820. The van der Waals surface area contributed by atoms with E-state index >= 15 is 0 Å². The van der Waals surface area contributed by atoms with E-state index in [9.17, 15) is 26.4 Å². The van der Waals surface area contributed by atoms with Crippen LogP contribution < -0.4 is 10.0 Å². The Labute approximate surface area is 142 Å². The van der Waals surface area contributed by atoms with E-state index in [0.29, 0.717) is 0 Å². The van der Waals surface area contributed by atoms with Crippen molar-refractivity contribution in [3.63, 3.8) is 0 Å². The number of halogens is 3. The first-order chi connectivity index (χ1) is 11.7. The third-order valence-electron chi connectivity index (χ3n) is 3.19. The first-order valence-electron chi connectivity index (χ1n) is 7.20. The highest BCUT2D eigenvalue weighted by Crippen LogP contribution is 2.29. The summed E-state index contributed by atoms with van der Waals surface area (Å²) in [5.41, 5.74) is -0.620. The smallest absolute Gasteiger partial charge is 0.326 e. The minimum absolute atomic E-state index is 0.0816. The third-order valence-corrected chi connectivity index (χ3v) is 4.67. The van der Waals surface area contributed by atoms with Gasteiger partial charge in [-0.1, -0.05) is 18.2 Å². The molecular weight excluding hydrogens is 357 g/mol. The summed E-state index contributed by atoms with van der Waals surface area (Å²) in [5, 5.41) is 2.41. The standard InChI is InChI=1S/C16H15F3N2O3S/c17-16(18,19)12-6-8-13(9-7-12)21-15(22)10-11-20-25(23,24)14-4-2-1-3-5-14/h1-9,20H,10-11H2,(H,21,22). The first-order valence-corrected chi connectivity index (χ1v) is 8.68. The molecule has 0 saturated carbocycles. The Morgan fingerprint density at radius 2 is 1.56 bits per heavy atom. The molecule has 0 atom stereocenters. The van der Waals surface area contributed by atoms with Crippen molar-refractivity contribution in [2.75, 3.05) is 11.9 Å². The monoisotopic (exact) mass is 372 g/mol. The number of anilines is 1. The van der Waals surface area contributed by atoms with Crippen LogP contribution in [0.25, 0.3) is 0 Å². The van der Waals surface area contributed by atoms with Gasteiger partial charge in [0.25, 0.3) is 0 Å². The number of rotatable bonds is 6. The van der Waals surface area contributed by atoms with Crippen LogP contribution in [0.2, 0.25) is 0 Å². The van der Waals surface area contributed by atoms with Crippen LogP contribution in [0.3, 0.4) is 0 Å². The number of sulfonamides is 1. The second kappa shape index (κ2) is 7.66. The SMILES string of the molecule is O=C(CCNS(=O)(=O)c1ccccc1)Nc1ccc(C(F)(F)F)cc1. The molecule has 0 bridgehead atoms. The summed E-state index contributed by atoms with van der Waals surface area (Å²) in [6.45, 7) is -0.135. The molecule has 0 fully saturated rings. The number of hydrogen-bond acceptors (Lipinski definition) is 3. The Morgan fingerprint density at radius 1 is 0.960 bits per heavy atom. The van der Waals surface area contributed by atoms with Crippen LogP contribution in [0.1, 0.15) is 12.0 Å². The number of carbonyl (C=O) groups is 1. The van der Waals surface area contributed by atoms with Gasteiger partial charge in [-0.3, -0.25) is 4.79 Å². The van der Waals surface area contributed by atoms with Gasteiger partial charge in [0.15, 0.2) is 0 Å². The van der Waals surface area contributed by atoms with Gasteiger partial charge < -0.3 is 5.32 Å². The van der Waals surface area contributed by atoms with Gasteiger partial charge >= 0.3 is 6.18 Å². The fourth-order valence-corrected chi connectivity index (χ4v) is 3.00. The molecule has 0 aromatic heterocycles. The predicted octanol–water partition coefficient (Wildman–Crippen LogP) is 3.01. The quantitative estimate of drug-likeness (QED) is 0.819. The van der Waals surface area contributed by atoms with Crippen molar-refractivity contribution in [3.8, 4) is 0 Å². The van der Waals surface area contributed by atoms with Crippen molar-refractivity contribution >= 4 is 21.6 Å². The summed E-state index contributed by atoms with van der Waals surface area (Å²) in [7, 11) is -3.71. The Balaban J connectivity index is 1.85. The summed E-state index contributed by atoms with van der Waals surface area (Å²) in [6.07, 6.45) is -4.61. The lowest BCUT2D eigenvalue weighted by Crippen LogP contribution is -2.27. The van der Waals surface area contributed by atoms with E-state index in [2.05, 4.69) is 10.0 Å². The molecule has 0 heterocycles. The zero-order chi connectivity index (χ0) is 18.5. The average molecular weight is 372 g/mol. The topological polar surface area (TPSA) is 75.3 Å². The summed E-state index contributed by atoms with van der Waals surface area (Å²) < 4.78 is 63.5. The molecule has 0 unspecified atom stereocenters.